The molecule has 0 heterocycles. The summed E-state index contributed by atoms with van der Waals surface area (Å²) in [6.45, 7) is 8.55. The van der Waals surface area contributed by atoms with E-state index in [1.54, 1.807) is 7.11 Å². The summed E-state index contributed by atoms with van der Waals surface area (Å²) < 4.78 is 5.60. The number of nitrogens with one attached hydrogen (secondary N) is 2. The second-order valence-corrected chi connectivity index (χ2v) is 7.88. The van der Waals surface area contributed by atoms with Gasteiger partial charge in [-0.15, -0.1) is 0 Å². The van der Waals surface area contributed by atoms with Crippen LogP contribution in [0.1, 0.15) is 49.9 Å². The van der Waals surface area contributed by atoms with Gasteiger partial charge in [0.25, 0.3) is 5.91 Å². The molecule has 2 bridgehead atoms. The molecule has 5 atom stereocenters. The lowest BCUT2D eigenvalue weighted by Gasteiger charge is -2.45. The largest absolute Gasteiger partial charge is 0.501 e. The highest BCUT2D eigenvalue weighted by Gasteiger charge is 2.52. The number of benzene rings is 1. The molecule has 136 valence electrons. The molecule has 1 aromatic rings. The lowest BCUT2D eigenvalue weighted by molar-refractivity contribution is 0.0484. The topological polar surface area (TPSA) is 50.4 Å². The summed E-state index contributed by atoms with van der Waals surface area (Å²) in [5, 5.41) is 0. The van der Waals surface area contributed by atoms with Crippen LogP contribution in [0, 0.1) is 23.2 Å². The van der Waals surface area contributed by atoms with Crippen LogP contribution >= 0.6 is 0 Å². The minimum absolute atomic E-state index is 0.0250. The molecule has 0 radical (unpaired) electrons. The fraction of sp³-hybridized carbons (Fsp3) is 0.571. The first-order valence-electron chi connectivity index (χ1n) is 9.31. The Morgan fingerprint density at radius 3 is 2.56 bits per heavy atom. The van der Waals surface area contributed by atoms with E-state index in [2.05, 4.69) is 31.3 Å². The maximum absolute atomic E-state index is 12.3. The predicted octanol–water partition coefficient (Wildman–Crippen LogP) is 3.91. The fourth-order valence-electron chi connectivity index (χ4n) is 4.95. The average molecular weight is 342 g/mol. The molecule has 1 aromatic carbocycles. The van der Waals surface area contributed by atoms with Crippen molar-refractivity contribution in [1.82, 2.24) is 10.9 Å². The van der Waals surface area contributed by atoms with Gasteiger partial charge in [0.15, 0.2) is 0 Å². The number of methoxy groups -OCH3 is 1. The Morgan fingerprint density at radius 1 is 1.28 bits per heavy atom. The number of ether oxygens (including phenoxy) is 1. The Balaban J connectivity index is 1.70. The maximum Gasteiger partial charge on any atom is 0.265 e. The van der Waals surface area contributed by atoms with Crippen LogP contribution in [0.5, 0.6) is 0 Å². The fourth-order valence-corrected chi connectivity index (χ4v) is 4.95. The van der Waals surface area contributed by atoms with Gasteiger partial charge in [-0.25, -0.2) is 5.43 Å². The third-order valence-electron chi connectivity index (χ3n) is 6.69. The summed E-state index contributed by atoms with van der Waals surface area (Å²) in [6, 6.07) is 9.28. The van der Waals surface area contributed by atoms with Crippen molar-refractivity contribution in [3.63, 3.8) is 0 Å². The second-order valence-electron chi connectivity index (χ2n) is 7.88. The number of amides is 1. The molecule has 0 aliphatic heterocycles. The highest BCUT2D eigenvalue weighted by Crippen LogP contribution is 2.57. The zero-order valence-electron chi connectivity index (χ0n) is 15.5. The summed E-state index contributed by atoms with van der Waals surface area (Å²) in [5.74, 6) is 2.83. The van der Waals surface area contributed by atoms with E-state index < -0.39 is 0 Å². The second kappa shape index (κ2) is 7.20. The number of carbonyl (C=O) groups is 1. The van der Waals surface area contributed by atoms with Crippen molar-refractivity contribution < 1.29 is 9.53 Å². The summed E-state index contributed by atoms with van der Waals surface area (Å²) >= 11 is 0. The molecule has 1 amide bonds. The number of hydrogen-bond acceptors (Lipinski definition) is 3. The monoisotopic (exact) mass is 342 g/mol. The SMILES string of the molecule is C=C(OC)C(C)(C(C)NNC(=O)c1ccccc1)C1CC2CCC1C2. The molecule has 2 N–H and O–H groups in total. The van der Waals surface area contributed by atoms with E-state index >= 15 is 0 Å². The lowest BCUT2D eigenvalue weighted by atomic mass is 9.64. The molecule has 0 aromatic heterocycles. The van der Waals surface area contributed by atoms with E-state index in [0.29, 0.717) is 11.5 Å². The standard InChI is InChI=1S/C21H30N2O2/c1-14(22-23-20(24)17-8-6-5-7-9-17)21(3,15(2)25-4)19-13-16-10-11-18(19)12-16/h5-9,14,16,18-19,22H,2,10-13H2,1,3-4H3,(H,23,24). The van der Waals surface area contributed by atoms with Gasteiger partial charge in [-0.3, -0.25) is 10.2 Å². The Morgan fingerprint density at radius 2 is 2.00 bits per heavy atom. The molecule has 2 aliphatic carbocycles. The molecule has 2 aliphatic rings. The quantitative estimate of drug-likeness (QED) is 0.583. The van der Waals surface area contributed by atoms with Crippen molar-refractivity contribution in [2.45, 2.75) is 45.6 Å². The highest BCUT2D eigenvalue weighted by molar-refractivity contribution is 5.93. The molecule has 5 unspecified atom stereocenters. The van der Waals surface area contributed by atoms with Crippen molar-refractivity contribution >= 4 is 5.91 Å². The molecule has 2 saturated carbocycles. The Hall–Kier alpha value is -1.81. The van der Waals surface area contributed by atoms with E-state index in [1.165, 1.54) is 25.7 Å². The molecular formula is C21H30N2O2. The van der Waals surface area contributed by atoms with Crippen molar-refractivity contribution in [3.8, 4) is 0 Å². The number of hydrogen-bond donors (Lipinski definition) is 2. The van der Waals surface area contributed by atoms with Crippen LogP contribution in [-0.4, -0.2) is 19.1 Å². The molecule has 4 heteroatoms. The Bertz CT molecular complexity index is 630. The molecule has 2 fully saturated rings. The van der Waals surface area contributed by atoms with E-state index in [0.717, 1.165) is 17.6 Å². The number of hydrazine groups is 1. The van der Waals surface area contributed by atoms with Crippen LogP contribution in [0.3, 0.4) is 0 Å². The van der Waals surface area contributed by atoms with Crippen LogP contribution < -0.4 is 10.9 Å². The number of rotatable bonds is 7. The molecule has 3 rings (SSSR count). The summed E-state index contributed by atoms with van der Waals surface area (Å²) in [5.41, 5.74) is 6.54. The van der Waals surface area contributed by atoms with Crippen molar-refractivity contribution in [1.29, 1.82) is 0 Å². The van der Waals surface area contributed by atoms with Gasteiger partial charge in [0.1, 0.15) is 0 Å². The normalized spacial score (nSPS) is 28.2. The third-order valence-corrected chi connectivity index (χ3v) is 6.69. The van der Waals surface area contributed by atoms with Gasteiger partial charge in [0.05, 0.1) is 12.9 Å². The van der Waals surface area contributed by atoms with E-state index in [9.17, 15) is 4.79 Å². The first-order valence-corrected chi connectivity index (χ1v) is 9.31. The lowest BCUT2D eigenvalue weighted by Crippen LogP contribution is -2.54. The van der Waals surface area contributed by atoms with Gasteiger partial charge in [-0.2, -0.15) is 0 Å². The maximum atomic E-state index is 12.3. The van der Waals surface area contributed by atoms with Gasteiger partial charge in [0.2, 0.25) is 0 Å². The smallest absolute Gasteiger partial charge is 0.265 e. The Labute approximate surface area is 151 Å². The molecule has 25 heavy (non-hydrogen) atoms. The van der Waals surface area contributed by atoms with E-state index in [-0.39, 0.29) is 17.4 Å². The third kappa shape index (κ3) is 3.32. The molecule has 4 nitrogen and oxygen atoms in total. The van der Waals surface area contributed by atoms with Crippen molar-refractivity contribution in [2.24, 2.45) is 23.2 Å². The number of carbonyl (C=O) groups excluding carboxylic acids is 1. The molecule has 0 saturated heterocycles. The summed E-state index contributed by atoms with van der Waals surface area (Å²) in [6.07, 6.45) is 5.25. The summed E-state index contributed by atoms with van der Waals surface area (Å²) in [4.78, 5) is 12.3. The van der Waals surface area contributed by atoms with Crippen LogP contribution in [-0.2, 0) is 4.74 Å². The minimum atomic E-state index is -0.210. The van der Waals surface area contributed by atoms with Gasteiger partial charge >= 0.3 is 0 Å². The van der Waals surface area contributed by atoms with E-state index in [4.69, 9.17) is 4.74 Å². The first-order chi connectivity index (χ1) is 12.0. The summed E-state index contributed by atoms with van der Waals surface area (Å²) in [7, 11) is 1.70. The van der Waals surface area contributed by atoms with Crippen LogP contribution in [0.2, 0.25) is 0 Å². The first kappa shape index (κ1) is 18.0. The average Bonchev–Trinajstić information content (AvgIpc) is 3.28. The van der Waals surface area contributed by atoms with E-state index in [1.807, 2.05) is 30.3 Å². The minimum Gasteiger partial charge on any atom is -0.501 e. The predicted molar refractivity (Wildman–Crippen MR) is 99.7 cm³/mol. The zero-order chi connectivity index (χ0) is 18.0. The van der Waals surface area contributed by atoms with Gasteiger partial charge in [0, 0.05) is 17.0 Å². The number of fused-ring (bicyclic) bond motifs is 2. The highest BCUT2D eigenvalue weighted by atomic mass is 16.5. The zero-order valence-corrected chi connectivity index (χ0v) is 15.5. The van der Waals surface area contributed by atoms with Gasteiger partial charge < -0.3 is 4.74 Å². The van der Waals surface area contributed by atoms with Crippen LogP contribution in [0.4, 0.5) is 0 Å². The Kier molecular flexibility index (Phi) is 5.19. The van der Waals surface area contributed by atoms with Gasteiger partial charge in [-0.05, 0) is 56.1 Å². The van der Waals surface area contributed by atoms with Crippen LogP contribution in [0.15, 0.2) is 42.7 Å². The van der Waals surface area contributed by atoms with Crippen molar-refractivity contribution in [2.75, 3.05) is 7.11 Å². The van der Waals surface area contributed by atoms with Crippen LogP contribution in [0.25, 0.3) is 0 Å². The molecule has 0 spiro atoms. The van der Waals surface area contributed by atoms with Gasteiger partial charge in [-0.1, -0.05) is 38.1 Å². The van der Waals surface area contributed by atoms with Crippen molar-refractivity contribution in [3.05, 3.63) is 48.2 Å². The molecular weight excluding hydrogens is 312 g/mol.